The van der Waals surface area contributed by atoms with Crippen molar-refractivity contribution in [3.63, 3.8) is 0 Å². The maximum Gasteiger partial charge on any atom is 0.123 e. The van der Waals surface area contributed by atoms with E-state index in [-0.39, 0.29) is 0 Å². The van der Waals surface area contributed by atoms with Crippen molar-refractivity contribution in [1.29, 1.82) is 0 Å². The van der Waals surface area contributed by atoms with Crippen molar-refractivity contribution in [2.75, 3.05) is 18.9 Å². The first-order chi connectivity index (χ1) is 8.78. The molecule has 96 valence electrons. The van der Waals surface area contributed by atoms with Crippen molar-refractivity contribution < 1.29 is 9.47 Å². The lowest BCUT2D eigenvalue weighted by Crippen LogP contribution is -2.08. The Morgan fingerprint density at radius 1 is 1.28 bits per heavy atom. The first-order valence-electron chi connectivity index (χ1n) is 5.91. The smallest absolute Gasteiger partial charge is 0.123 e. The molecule has 0 saturated carbocycles. The minimum atomic E-state index is 0.538. The lowest BCUT2D eigenvalue weighted by atomic mass is 10.3. The van der Waals surface area contributed by atoms with Crippen LogP contribution < -0.4 is 15.2 Å². The van der Waals surface area contributed by atoms with Gasteiger partial charge in [0.15, 0.2) is 0 Å². The Kier molecular flexibility index (Phi) is 4.06. The molecule has 0 aliphatic heterocycles. The highest BCUT2D eigenvalue weighted by atomic mass is 16.5. The second kappa shape index (κ2) is 5.95. The van der Waals surface area contributed by atoms with Gasteiger partial charge in [-0.1, -0.05) is 6.07 Å². The maximum atomic E-state index is 5.62. The number of anilines is 1. The van der Waals surface area contributed by atoms with Crippen LogP contribution in [-0.2, 0) is 6.54 Å². The Morgan fingerprint density at radius 2 is 2.06 bits per heavy atom. The fraction of sp³-hybridized carbons (Fsp3) is 0.308. The number of hydrogen-bond acceptors (Lipinski definition) is 4. The molecule has 0 saturated heterocycles. The number of nitrogen functional groups attached to an aromatic ring is 1. The maximum absolute atomic E-state index is 5.62. The van der Waals surface area contributed by atoms with E-state index in [9.17, 15) is 0 Å². The Hall–Kier alpha value is -2.17. The molecule has 1 aromatic carbocycles. The molecule has 2 N–H and O–H groups in total. The van der Waals surface area contributed by atoms with E-state index >= 15 is 0 Å². The monoisotopic (exact) mass is 247 g/mol. The lowest BCUT2D eigenvalue weighted by Gasteiger charge is -2.08. The Bertz CT molecular complexity index is 496. The molecule has 2 rings (SSSR count). The standard InChI is InChI=1S/C13H17N3O2/c1-2-17-12-4-3-5-13(8-12)18-7-6-16-10-11(14)9-15-16/h3-5,8-10H,2,6-7,14H2,1H3. The molecular weight excluding hydrogens is 230 g/mol. The van der Waals surface area contributed by atoms with Gasteiger partial charge in [0.1, 0.15) is 18.1 Å². The molecule has 0 aliphatic rings. The molecule has 18 heavy (non-hydrogen) atoms. The molecule has 5 nitrogen and oxygen atoms in total. The summed E-state index contributed by atoms with van der Waals surface area (Å²) in [5.74, 6) is 1.61. The number of nitrogens with two attached hydrogens (primary N) is 1. The zero-order valence-electron chi connectivity index (χ0n) is 10.4. The number of rotatable bonds is 6. The van der Waals surface area contributed by atoms with E-state index in [4.69, 9.17) is 15.2 Å². The molecule has 1 heterocycles. The zero-order chi connectivity index (χ0) is 12.8. The van der Waals surface area contributed by atoms with Crippen molar-refractivity contribution in [2.24, 2.45) is 0 Å². The van der Waals surface area contributed by atoms with Gasteiger partial charge in [-0.3, -0.25) is 4.68 Å². The van der Waals surface area contributed by atoms with Crippen LogP contribution in [0.5, 0.6) is 11.5 Å². The predicted molar refractivity (Wildman–Crippen MR) is 69.7 cm³/mol. The van der Waals surface area contributed by atoms with Gasteiger partial charge in [-0.15, -0.1) is 0 Å². The highest BCUT2D eigenvalue weighted by Crippen LogP contribution is 2.19. The lowest BCUT2D eigenvalue weighted by molar-refractivity contribution is 0.287. The summed E-state index contributed by atoms with van der Waals surface area (Å²) < 4.78 is 12.8. The second-order valence-corrected chi connectivity index (χ2v) is 3.79. The predicted octanol–water partition coefficient (Wildman–Crippen LogP) is 1.94. The van der Waals surface area contributed by atoms with Crippen molar-refractivity contribution in [2.45, 2.75) is 13.5 Å². The van der Waals surface area contributed by atoms with E-state index in [0.29, 0.717) is 25.4 Å². The Labute approximate surface area is 106 Å². The molecule has 0 radical (unpaired) electrons. The fourth-order valence-corrected chi connectivity index (χ4v) is 1.58. The number of hydrogen-bond donors (Lipinski definition) is 1. The number of benzene rings is 1. The highest BCUT2D eigenvalue weighted by Gasteiger charge is 1.98. The van der Waals surface area contributed by atoms with E-state index in [2.05, 4.69) is 5.10 Å². The van der Waals surface area contributed by atoms with Crippen LogP contribution in [0, 0.1) is 0 Å². The van der Waals surface area contributed by atoms with Gasteiger partial charge in [0, 0.05) is 12.3 Å². The molecule has 0 amide bonds. The molecule has 0 aliphatic carbocycles. The van der Waals surface area contributed by atoms with Crippen LogP contribution in [-0.4, -0.2) is 23.0 Å². The van der Waals surface area contributed by atoms with E-state index in [0.717, 1.165) is 11.5 Å². The summed E-state index contributed by atoms with van der Waals surface area (Å²) in [4.78, 5) is 0. The van der Waals surface area contributed by atoms with Gasteiger partial charge in [-0.25, -0.2) is 0 Å². The van der Waals surface area contributed by atoms with Gasteiger partial charge >= 0.3 is 0 Å². The number of aromatic nitrogens is 2. The van der Waals surface area contributed by atoms with Gasteiger partial charge in [0.05, 0.1) is 25.0 Å². The van der Waals surface area contributed by atoms with Gasteiger partial charge in [0.25, 0.3) is 0 Å². The van der Waals surface area contributed by atoms with Gasteiger partial charge in [-0.2, -0.15) is 5.10 Å². The van der Waals surface area contributed by atoms with E-state index in [1.807, 2.05) is 31.2 Å². The summed E-state index contributed by atoms with van der Waals surface area (Å²) in [5, 5.41) is 4.08. The third kappa shape index (κ3) is 3.41. The van der Waals surface area contributed by atoms with Crippen LogP contribution in [0.2, 0.25) is 0 Å². The van der Waals surface area contributed by atoms with Crippen LogP contribution in [0.3, 0.4) is 0 Å². The largest absolute Gasteiger partial charge is 0.494 e. The SMILES string of the molecule is CCOc1cccc(OCCn2cc(N)cn2)c1. The number of nitrogens with zero attached hydrogens (tertiary/aromatic N) is 2. The summed E-state index contributed by atoms with van der Waals surface area (Å²) in [6, 6.07) is 7.59. The molecule has 5 heteroatoms. The molecule has 0 fully saturated rings. The average molecular weight is 247 g/mol. The molecule has 0 atom stereocenters. The highest BCUT2D eigenvalue weighted by molar-refractivity contribution is 5.33. The average Bonchev–Trinajstić information content (AvgIpc) is 2.76. The second-order valence-electron chi connectivity index (χ2n) is 3.79. The molecule has 0 spiro atoms. The van der Waals surface area contributed by atoms with Gasteiger partial charge in [-0.05, 0) is 19.1 Å². The molecule has 0 unspecified atom stereocenters. The summed E-state index contributed by atoms with van der Waals surface area (Å²) in [5.41, 5.74) is 6.23. The van der Waals surface area contributed by atoms with Crippen molar-refractivity contribution >= 4 is 5.69 Å². The quantitative estimate of drug-likeness (QED) is 0.847. The van der Waals surface area contributed by atoms with Gasteiger partial charge in [0.2, 0.25) is 0 Å². The van der Waals surface area contributed by atoms with E-state index in [1.165, 1.54) is 0 Å². The normalized spacial score (nSPS) is 10.3. The molecular formula is C13H17N3O2. The fourth-order valence-electron chi connectivity index (χ4n) is 1.58. The summed E-state index contributed by atoms with van der Waals surface area (Å²) in [7, 11) is 0. The first-order valence-corrected chi connectivity index (χ1v) is 5.91. The van der Waals surface area contributed by atoms with Crippen molar-refractivity contribution in [3.8, 4) is 11.5 Å². The van der Waals surface area contributed by atoms with Crippen molar-refractivity contribution in [1.82, 2.24) is 9.78 Å². The minimum absolute atomic E-state index is 0.538. The van der Waals surface area contributed by atoms with Crippen LogP contribution in [0.1, 0.15) is 6.92 Å². The molecule has 0 bridgehead atoms. The third-order valence-electron chi connectivity index (χ3n) is 2.36. The summed E-state index contributed by atoms with van der Waals surface area (Å²) >= 11 is 0. The molecule has 1 aromatic heterocycles. The summed E-state index contributed by atoms with van der Waals surface area (Å²) in [6.45, 7) is 3.80. The minimum Gasteiger partial charge on any atom is -0.494 e. The molecule has 2 aromatic rings. The van der Waals surface area contributed by atoms with E-state index < -0.39 is 0 Å². The zero-order valence-corrected chi connectivity index (χ0v) is 10.4. The summed E-state index contributed by atoms with van der Waals surface area (Å²) in [6.07, 6.45) is 3.40. The number of ether oxygens (including phenoxy) is 2. The van der Waals surface area contributed by atoms with Crippen molar-refractivity contribution in [3.05, 3.63) is 36.7 Å². The van der Waals surface area contributed by atoms with Crippen LogP contribution >= 0.6 is 0 Å². The topological polar surface area (TPSA) is 62.3 Å². The Balaban J connectivity index is 1.84. The van der Waals surface area contributed by atoms with Crippen LogP contribution in [0.25, 0.3) is 0 Å². The van der Waals surface area contributed by atoms with Gasteiger partial charge < -0.3 is 15.2 Å². The Morgan fingerprint density at radius 3 is 2.72 bits per heavy atom. The van der Waals surface area contributed by atoms with Crippen LogP contribution in [0.4, 0.5) is 5.69 Å². The third-order valence-corrected chi connectivity index (χ3v) is 2.36. The van der Waals surface area contributed by atoms with Crippen LogP contribution in [0.15, 0.2) is 36.7 Å². The van der Waals surface area contributed by atoms with E-state index in [1.54, 1.807) is 17.1 Å². The first kappa shape index (κ1) is 12.3.